The Kier molecular flexibility index (Phi) is 6.21. The molecule has 3 aromatic rings. The second-order valence-corrected chi connectivity index (χ2v) is 12.0. The van der Waals surface area contributed by atoms with Crippen LogP contribution in [0.1, 0.15) is 59.7 Å². The van der Waals surface area contributed by atoms with Gasteiger partial charge >= 0.3 is 6.09 Å². The van der Waals surface area contributed by atoms with Crippen LogP contribution in [0.3, 0.4) is 0 Å². The van der Waals surface area contributed by atoms with Crippen LogP contribution < -0.4 is 4.74 Å². The number of nitro benzene ring substituents is 1. The molecule has 1 N–H and O–H groups in total. The third kappa shape index (κ3) is 4.60. The number of ether oxygens (including phenoxy) is 2. The normalized spacial score (nSPS) is 16.5. The molecule has 0 aliphatic carbocycles. The topological polar surface area (TPSA) is 97.7 Å². The molecule has 2 aromatic carbocycles. The van der Waals surface area contributed by atoms with Crippen LogP contribution in [0.15, 0.2) is 30.3 Å². The summed E-state index contributed by atoms with van der Waals surface area (Å²) in [5.41, 5.74) is 1.01. The van der Waals surface area contributed by atoms with E-state index >= 15 is 0 Å². The van der Waals surface area contributed by atoms with Crippen molar-refractivity contribution in [2.75, 3.05) is 6.54 Å². The van der Waals surface area contributed by atoms with Crippen molar-refractivity contribution in [1.29, 1.82) is 0 Å². The van der Waals surface area contributed by atoms with Gasteiger partial charge in [-0.05, 0) is 58.4 Å². The van der Waals surface area contributed by atoms with E-state index in [2.05, 4.69) is 18.8 Å². The summed E-state index contributed by atoms with van der Waals surface area (Å²) in [5, 5.41) is 12.1. The maximum atomic E-state index is 13.1. The van der Waals surface area contributed by atoms with Gasteiger partial charge in [-0.1, -0.05) is 37.0 Å². The predicted molar refractivity (Wildman–Crippen MR) is 140 cm³/mol. The van der Waals surface area contributed by atoms with Gasteiger partial charge in [0, 0.05) is 40.7 Å². The Bertz CT molecular complexity index is 1370. The van der Waals surface area contributed by atoms with Crippen molar-refractivity contribution in [3.63, 3.8) is 0 Å². The van der Waals surface area contributed by atoms with E-state index in [4.69, 9.17) is 32.7 Å². The lowest BCUT2D eigenvalue weighted by atomic mass is 9.74. The van der Waals surface area contributed by atoms with Gasteiger partial charge in [-0.25, -0.2) is 4.79 Å². The van der Waals surface area contributed by atoms with Crippen molar-refractivity contribution < 1.29 is 19.2 Å². The Morgan fingerprint density at radius 1 is 1.11 bits per heavy atom. The van der Waals surface area contributed by atoms with E-state index in [9.17, 15) is 14.9 Å². The number of aromatic amines is 1. The first kappa shape index (κ1) is 26.1. The van der Waals surface area contributed by atoms with Gasteiger partial charge in [0.15, 0.2) is 5.75 Å². The molecular formula is C26H29Cl2N3O5. The summed E-state index contributed by atoms with van der Waals surface area (Å²) in [6.45, 7) is 14.2. The molecule has 0 spiro atoms. The van der Waals surface area contributed by atoms with Gasteiger partial charge in [0.2, 0.25) is 0 Å². The number of hydrogen-bond acceptors (Lipinski definition) is 5. The summed E-state index contributed by atoms with van der Waals surface area (Å²) in [5.74, 6) is 0.619. The molecular weight excluding hydrogens is 505 g/mol. The summed E-state index contributed by atoms with van der Waals surface area (Å²) in [6, 6.07) is 7.95. The molecule has 0 unspecified atom stereocenters. The number of rotatable bonds is 3. The van der Waals surface area contributed by atoms with E-state index in [0.29, 0.717) is 12.3 Å². The van der Waals surface area contributed by atoms with Gasteiger partial charge in [0.1, 0.15) is 11.4 Å². The number of nitro groups is 1. The second-order valence-electron chi connectivity index (χ2n) is 11.2. The van der Waals surface area contributed by atoms with Crippen molar-refractivity contribution in [2.45, 2.75) is 65.0 Å². The standard InChI is InChI=1S/C26H29Cl2N3O5/c1-24(2,3)36-23(32)30-13-25(4,5)20-16-12-15(8-9-19(16)29-22(20)26(30,6)7)35-21-17(27)10-14(31(33)34)11-18(21)28/h8-12,29H,13H2,1-7H3. The minimum atomic E-state index is -0.655. The van der Waals surface area contributed by atoms with Gasteiger partial charge < -0.3 is 14.5 Å². The fourth-order valence-electron chi connectivity index (χ4n) is 4.68. The molecule has 2 heterocycles. The van der Waals surface area contributed by atoms with E-state index in [1.165, 1.54) is 12.1 Å². The number of benzene rings is 2. The lowest BCUT2D eigenvalue weighted by Crippen LogP contribution is -2.56. The van der Waals surface area contributed by atoms with E-state index in [1.807, 2.05) is 46.8 Å². The number of hydrogen-bond donors (Lipinski definition) is 1. The molecule has 1 aliphatic rings. The summed E-state index contributed by atoms with van der Waals surface area (Å²) in [7, 11) is 0. The maximum absolute atomic E-state index is 13.1. The van der Waals surface area contributed by atoms with Crippen molar-refractivity contribution in [2.24, 2.45) is 0 Å². The zero-order chi connectivity index (χ0) is 26.8. The van der Waals surface area contributed by atoms with E-state index < -0.39 is 21.5 Å². The van der Waals surface area contributed by atoms with Crippen LogP contribution in [-0.2, 0) is 15.7 Å². The number of nitrogens with zero attached hydrogens (tertiary/aromatic N) is 2. The van der Waals surface area contributed by atoms with E-state index in [0.717, 1.165) is 22.2 Å². The number of nitrogens with one attached hydrogen (secondary N) is 1. The van der Waals surface area contributed by atoms with Crippen LogP contribution in [0.5, 0.6) is 11.5 Å². The SMILES string of the molecule is CC(C)(C)OC(=O)N1CC(C)(C)c2c([nH]c3ccc(Oc4c(Cl)cc([N+](=O)[O-])cc4Cl)cc23)C1(C)C. The Morgan fingerprint density at radius 2 is 1.72 bits per heavy atom. The van der Waals surface area contributed by atoms with Crippen molar-refractivity contribution in [1.82, 2.24) is 9.88 Å². The number of amides is 1. The number of aromatic nitrogens is 1. The first-order chi connectivity index (χ1) is 16.5. The number of carbonyl (C=O) groups excluding carboxylic acids is 1. The largest absolute Gasteiger partial charge is 0.454 e. The molecule has 192 valence electrons. The van der Waals surface area contributed by atoms with Crippen LogP contribution in [0.2, 0.25) is 10.0 Å². The first-order valence-corrected chi connectivity index (χ1v) is 12.3. The van der Waals surface area contributed by atoms with Gasteiger partial charge in [-0.2, -0.15) is 0 Å². The number of non-ortho nitro benzene ring substituents is 1. The molecule has 0 saturated carbocycles. The number of halogens is 2. The Balaban J connectivity index is 1.77. The smallest absolute Gasteiger partial charge is 0.411 e. The third-order valence-electron chi connectivity index (χ3n) is 6.31. The molecule has 8 nitrogen and oxygen atoms in total. The molecule has 4 rings (SSSR count). The molecule has 1 amide bonds. The van der Waals surface area contributed by atoms with Crippen molar-refractivity contribution >= 4 is 45.9 Å². The molecule has 0 saturated heterocycles. The van der Waals surface area contributed by atoms with Gasteiger partial charge in [-0.15, -0.1) is 0 Å². The quantitative estimate of drug-likeness (QED) is 0.272. The first-order valence-electron chi connectivity index (χ1n) is 11.5. The Hall–Kier alpha value is -2.97. The van der Waals surface area contributed by atoms with E-state index in [1.54, 1.807) is 11.0 Å². The third-order valence-corrected chi connectivity index (χ3v) is 6.88. The average Bonchev–Trinajstić information content (AvgIpc) is 3.13. The van der Waals surface area contributed by atoms with E-state index in [-0.39, 0.29) is 27.6 Å². The average molecular weight is 534 g/mol. The maximum Gasteiger partial charge on any atom is 0.411 e. The molecule has 0 bridgehead atoms. The minimum absolute atomic E-state index is 0.0415. The highest BCUT2D eigenvalue weighted by Gasteiger charge is 2.48. The lowest BCUT2D eigenvalue weighted by molar-refractivity contribution is -0.384. The van der Waals surface area contributed by atoms with Crippen LogP contribution in [0.4, 0.5) is 10.5 Å². The van der Waals surface area contributed by atoms with Crippen LogP contribution in [-0.4, -0.2) is 33.0 Å². The molecule has 36 heavy (non-hydrogen) atoms. The van der Waals surface area contributed by atoms with Crippen LogP contribution in [0.25, 0.3) is 10.9 Å². The molecule has 0 radical (unpaired) electrons. The van der Waals surface area contributed by atoms with Crippen molar-refractivity contribution in [3.05, 3.63) is 61.7 Å². The van der Waals surface area contributed by atoms with Crippen LogP contribution >= 0.6 is 23.2 Å². The fraction of sp³-hybridized carbons (Fsp3) is 0.423. The zero-order valence-corrected chi connectivity index (χ0v) is 22.8. The Morgan fingerprint density at radius 3 is 2.28 bits per heavy atom. The zero-order valence-electron chi connectivity index (χ0n) is 21.3. The van der Waals surface area contributed by atoms with Gasteiger partial charge in [-0.3, -0.25) is 15.0 Å². The summed E-state index contributed by atoms with van der Waals surface area (Å²) < 4.78 is 11.7. The molecule has 1 aliphatic heterocycles. The highest BCUT2D eigenvalue weighted by atomic mass is 35.5. The van der Waals surface area contributed by atoms with Gasteiger partial charge in [0.25, 0.3) is 5.69 Å². The van der Waals surface area contributed by atoms with Crippen LogP contribution in [0, 0.1) is 10.1 Å². The highest BCUT2D eigenvalue weighted by molar-refractivity contribution is 6.37. The monoisotopic (exact) mass is 533 g/mol. The van der Waals surface area contributed by atoms with Crippen molar-refractivity contribution in [3.8, 4) is 11.5 Å². The molecule has 10 heteroatoms. The molecule has 1 aromatic heterocycles. The summed E-state index contributed by atoms with van der Waals surface area (Å²) >= 11 is 12.5. The summed E-state index contributed by atoms with van der Waals surface area (Å²) in [4.78, 5) is 28.9. The Labute approximate surface area is 219 Å². The summed E-state index contributed by atoms with van der Waals surface area (Å²) in [6.07, 6.45) is -0.364. The predicted octanol–water partition coefficient (Wildman–Crippen LogP) is 7.94. The highest BCUT2D eigenvalue weighted by Crippen LogP contribution is 2.48. The fourth-order valence-corrected chi connectivity index (χ4v) is 5.23. The lowest BCUT2D eigenvalue weighted by Gasteiger charge is -2.48. The number of H-pyrrole nitrogens is 1. The second kappa shape index (κ2) is 8.56. The number of carbonyl (C=O) groups is 1. The van der Waals surface area contributed by atoms with Gasteiger partial charge in [0.05, 0.1) is 20.5 Å². The number of fused-ring (bicyclic) bond motifs is 3. The minimum Gasteiger partial charge on any atom is -0.454 e. The molecule has 0 fully saturated rings. The molecule has 0 atom stereocenters.